The summed E-state index contributed by atoms with van der Waals surface area (Å²) in [5, 5.41) is 9.37. The van der Waals surface area contributed by atoms with E-state index in [1.807, 2.05) is 12.1 Å². The quantitative estimate of drug-likeness (QED) is 0.818. The van der Waals surface area contributed by atoms with Gasteiger partial charge < -0.3 is 14.6 Å². The van der Waals surface area contributed by atoms with Crippen molar-refractivity contribution in [2.45, 2.75) is 51.4 Å². The molecule has 24 heavy (non-hydrogen) atoms. The second-order valence-electron chi connectivity index (χ2n) is 6.53. The number of rotatable bonds is 6. The molecule has 1 N–H and O–H groups in total. The van der Waals surface area contributed by atoms with Crippen molar-refractivity contribution in [3.8, 4) is 16.9 Å². The summed E-state index contributed by atoms with van der Waals surface area (Å²) in [5.74, 6) is 0.298. The van der Waals surface area contributed by atoms with Crippen LogP contribution in [0.4, 0.5) is 0 Å². The third-order valence-electron chi connectivity index (χ3n) is 4.52. The highest BCUT2D eigenvalue weighted by Gasteiger charge is 2.17. The van der Waals surface area contributed by atoms with Crippen molar-refractivity contribution < 1.29 is 14.6 Å². The molecule has 3 rings (SSSR count). The van der Waals surface area contributed by atoms with Crippen LogP contribution in [0.15, 0.2) is 48.5 Å². The topological polar surface area (TPSA) is 38.7 Å². The van der Waals surface area contributed by atoms with Gasteiger partial charge in [-0.1, -0.05) is 36.4 Å². The fraction of sp³-hybridized carbons (Fsp3) is 0.429. The van der Waals surface area contributed by atoms with E-state index in [-0.39, 0.29) is 12.4 Å². The Morgan fingerprint density at radius 2 is 1.71 bits per heavy atom. The molecule has 1 heterocycles. The zero-order valence-electron chi connectivity index (χ0n) is 14.3. The van der Waals surface area contributed by atoms with Crippen LogP contribution in [-0.2, 0) is 15.9 Å². The highest BCUT2D eigenvalue weighted by molar-refractivity contribution is 5.64. The van der Waals surface area contributed by atoms with E-state index >= 15 is 0 Å². The number of hydrogen-bond acceptors (Lipinski definition) is 3. The van der Waals surface area contributed by atoms with Gasteiger partial charge in [0.15, 0.2) is 6.29 Å². The van der Waals surface area contributed by atoms with Gasteiger partial charge in [-0.05, 0) is 67.9 Å². The van der Waals surface area contributed by atoms with Gasteiger partial charge in [0.1, 0.15) is 5.75 Å². The van der Waals surface area contributed by atoms with Gasteiger partial charge in [0, 0.05) is 6.61 Å². The highest BCUT2D eigenvalue weighted by Crippen LogP contribution is 2.23. The molecule has 0 saturated carbocycles. The normalized spacial score (nSPS) is 19.1. The van der Waals surface area contributed by atoms with E-state index in [1.165, 1.54) is 17.5 Å². The fourth-order valence-corrected chi connectivity index (χ4v) is 3.03. The molecule has 0 aromatic heterocycles. The van der Waals surface area contributed by atoms with Gasteiger partial charge in [-0.3, -0.25) is 0 Å². The standard InChI is InChI=1S/C21H26O3/c1-16(24-21-4-2-3-15-23-21)5-6-17-7-9-18(10-8-17)19-11-13-20(22)14-12-19/h7-14,16,21-22H,2-6,15H2,1H3. The Balaban J connectivity index is 1.49. The molecule has 0 bridgehead atoms. The van der Waals surface area contributed by atoms with Crippen LogP contribution in [-0.4, -0.2) is 24.1 Å². The van der Waals surface area contributed by atoms with Gasteiger partial charge in [-0.2, -0.15) is 0 Å². The van der Waals surface area contributed by atoms with Crippen molar-refractivity contribution in [1.29, 1.82) is 0 Å². The number of aryl methyl sites for hydroxylation is 1. The first-order valence-corrected chi connectivity index (χ1v) is 8.86. The molecule has 128 valence electrons. The average Bonchev–Trinajstić information content (AvgIpc) is 2.62. The van der Waals surface area contributed by atoms with Crippen molar-refractivity contribution in [2.75, 3.05) is 6.61 Å². The zero-order chi connectivity index (χ0) is 16.8. The summed E-state index contributed by atoms with van der Waals surface area (Å²) in [6, 6.07) is 15.9. The number of phenolic OH excluding ortho intramolecular Hbond substituents is 1. The molecule has 1 saturated heterocycles. The predicted molar refractivity (Wildman–Crippen MR) is 96.0 cm³/mol. The van der Waals surface area contributed by atoms with Crippen LogP contribution in [0.2, 0.25) is 0 Å². The number of aromatic hydroxyl groups is 1. The number of benzene rings is 2. The average molecular weight is 326 g/mol. The zero-order valence-corrected chi connectivity index (χ0v) is 14.3. The Labute approximate surface area is 144 Å². The van der Waals surface area contributed by atoms with E-state index in [0.29, 0.717) is 5.75 Å². The Morgan fingerprint density at radius 3 is 2.33 bits per heavy atom. The van der Waals surface area contributed by atoms with Crippen LogP contribution >= 0.6 is 0 Å². The first-order valence-electron chi connectivity index (χ1n) is 8.86. The molecule has 1 aliphatic rings. The van der Waals surface area contributed by atoms with Gasteiger partial charge >= 0.3 is 0 Å². The van der Waals surface area contributed by atoms with Gasteiger partial charge in [0.05, 0.1) is 6.10 Å². The van der Waals surface area contributed by atoms with E-state index in [9.17, 15) is 5.11 Å². The molecule has 2 atom stereocenters. The molecule has 0 aliphatic carbocycles. The molecule has 0 spiro atoms. The summed E-state index contributed by atoms with van der Waals surface area (Å²) in [5.41, 5.74) is 3.60. The predicted octanol–water partition coefficient (Wildman–Crippen LogP) is 4.92. The summed E-state index contributed by atoms with van der Waals surface area (Å²) in [6.07, 6.45) is 5.58. The van der Waals surface area contributed by atoms with E-state index in [1.54, 1.807) is 12.1 Å². The van der Waals surface area contributed by atoms with Gasteiger partial charge in [0.2, 0.25) is 0 Å². The SMILES string of the molecule is CC(CCc1ccc(-c2ccc(O)cc2)cc1)OC1CCCCO1. The van der Waals surface area contributed by atoms with Crippen molar-refractivity contribution in [2.24, 2.45) is 0 Å². The van der Waals surface area contributed by atoms with Crippen molar-refractivity contribution in [3.63, 3.8) is 0 Å². The van der Waals surface area contributed by atoms with Crippen molar-refractivity contribution in [3.05, 3.63) is 54.1 Å². The molecule has 0 radical (unpaired) electrons. The molecule has 3 nitrogen and oxygen atoms in total. The summed E-state index contributed by atoms with van der Waals surface area (Å²) < 4.78 is 11.6. The van der Waals surface area contributed by atoms with Gasteiger partial charge in [-0.15, -0.1) is 0 Å². The van der Waals surface area contributed by atoms with Gasteiger partial charge in [-0.25, -0.2) is 0 Å². The minimum absolute atomic E-state index is 0.00868. The van der Waals surface area contributed by atoms with Crippen LogP contribution < -0.4 is 0 Å². The van der Waals surface area contributed by atoms with E-state index in [0.717, 1.165) is 37.9 Å². The minimum atomic E-state index is -0.00868. The molecular weight excluding hydrogens is 300 g/mol. The molecule has 2 unspecified atom stereocenters. The van der Waals surface area contributed by atoms with Crippen LogP contribution in [0, 0.1) is 0 Å². The first-order chi connectivity index (χ1) is 11.7. The second kappa shape index (κ2) is 8.32. The minimum Gasteiger partial charge on any atom is -0.508 e. The molecule has 2 aromatic carbocycles. The maximum atomic E-state index is 9.37. The van der Waals surface area contributed by atoms with Crippen LogP contribution in [0.25, 0.3) is 11.1 Å². The number of ether oxygens (including phenoxy) is 2. The smallest absolute Gasteiger partial charge is 0.157 e. The molecule has 3 heteroatoms. The lowest BCUT2D eigenvalue weighted by atomic mass is 10.0. The molecular formula is C21H26O3. The van der Waals surface area contributed by atoms with E-state index in [2.05, 4.69) is 31.2 Å². The molecule has 1 fully saturated rings. The van der Waals surface area contributed by atoms with Crippen LogP contribution in [0.5, 0.6) is 5.75 Å². The number of phenols is 1. The van der Waals surface area contributed by atoms with E-state index in [4.69, 9.17) is 9.47 Å². The maximum absolute atomic E-state index is 9.37. The Kier molecular flexibility index (Phi) is 5.89. The second-order valence-corrected chi connectivity index (χ2v) is 6.53. The highest BCUT2D eigenvalue weighted by atomic mass is 16.7. The van der Waals surface area contributed by atoms with Crippen molar-refractivity contribution in [1.82, 2.24) is 0 Å². The summed E-state index contributed by atoms with van der Waals surface area (Å²) >= 11 is 0. The van der Waals surface area contributed by atoms with E-state index < -0.39 is 0 Å². The Bertz CT molecular complexity index is 613. The van der Waals surface area contributed by atoms with Crippen molar-refractivity contribution >= 4 is 0 Å². The Morgan fingerprint density at radius 1 is 1.04 bits per heavy atom. The third-order valence-corrected chi connectivity index (χ3v) is 4.52. The summed E-state index contributed by atoms with van der Waals surface area (Å²) in [6.45, 7) is 2.96. The third kappa shape index (κ3) is 4.83. The maximum Gasteiger partial charge on any atom is 0.157 e. The largest absolute Gasteiger partial charge is 0.508 e. The molecule has 1 aliphatic heterocycles. The lowest BCUT2D eigenvalue weighted by Crippen LogP contribution is -2.26. The summed E-state index contributed by atoms with van der Waals surface area (Å²) in [7, 11) is 0. The summed E-state index contributed by atoms with van der Waals surface area (Å²) in [4.78, 5) is 0. The Hall–Kier alpha value is -1.84. The molecule has 0 amide bonds. The van der Waals surface area contributed by atoms with Crippen LogP contribution in [0.1, 0.15) is 38.2 Å². The lowest BCUT2D eigenvalue weighted by Gasteiger charge is -2.26. The van der Waals surface area contributed by atoms with Crippen LogP contribution in [0.3, 0.4) is 0 Å². The monoisotopic (exact) mass is 326 g/mol. The number of hydrogen-bond donors (Lipinski definition) is 1. The fourth-order valence-electron chi connectivity index (χ4n) is 3.03. The lowest BCUT2D eigenvalue weighted by molar-refractivity contribution is -0.185. The molecule has 2 aromatic rings. The first kappa shape index (κ1) is 17.0. The van der Waals surface area contributed by atoms with Gasteiger partial charge in [0.25, 0.3) is 0 Å².